The standard InChI is InChI=1S/C23H25N5/c1-5-7-14-27(4)18(3)24-21(6-2)25-22-17-19-12-8-9-13-20(19)23(26-22)28-15-10-11-16-28/h5-17H,1H2,2-4H3,(H,25,26)/b14-7-,21-6+,24-18+. The zero-order valence-corrected chi connectivity index (χ0v) is 16.5. The first-order valence-electron chi connectivity index (χ1n) is 9.16. The molecule has 1 aromatic carbocycles. The molecular formula is C23H25N5. The topological polar surface area (TPSA) is 45.5 Å². The van der Waals surface area contributed by atoms with Gasteiger partial charge in [-0.3, -0.25) is 0 Å². The summed E-state index contributed by atoms with van der Waals surface area (Å²) in [4.78, 5) is 11.4. The number of pyridine rings is 1. The second-order valence-electron chi connectivity index (χ2n) is 6.29. The van der Waals surface area contributed by atoms with Gasteiger partial charge in [-0.1, -0.05) is 36.9 Å². The van der Waals surface area contributed by atoms with E-state index in [2.05, 4.69) is 29.0 Å². The summed E-state index contributed by atoms with van der Waals surface area (Å²) in [6.45, 7) is 7.60. The molecule has 0 bridgehead atoms. The summed E-state index contributed by atoms with van der Waals surface area (Å²) in [5.41, 5.74) is 0. The molecule has 0 aliphatic rings. The van der Waals surface area contributed by atoms with Crippen LogP contribution in [0.1, 0.15) is 13.8 Å². The lowest BCUT2D eigenvalue weighted by Gasteiger charge is -2.15. The smallest absolute Gasteiger partial charge is 0.146 e. The highest BCUT2D eigenvalue weighted by atomic mass is 15.2. The van der Waals surface area contributed by atoms with E-state index in [9.17, 15) is 0 Å². The van der Waals surface area contributed by atoms with Gasteiger partial charge in [-0.15, -0.1) is 0 Å². The molecule has 0 atom stereocenters. The fourth-order valence-corrected chi connectivity index (χ4v) is 2.76. The Bertz CT molecular complexity index is 1040. The van der Waals surface area contributed by atoms with Crippen LogP contribution in [0, 0.1) is 0 Å². The minimum absolute atomic E-state index is 0.734. The van der Waals surface area contributed by atoms with Crippen LogP contribution in [0.2, 0.25) is 0 Å². The Morgan fingerprint density at radius 2 is 1.96 bits per heavy atom. The highest BCUT2D eigenvalue weighted by Crippen LogP contribution is 2.24. The van der Waals surface area contributed by atoms with E-state index < -0.39 is 0 Å². The molecule has 0 saturated heterocycles. The van der Waals surface area contributed by atoms with Crippen LogP contribution >= 0.6 is 0 Å². The lowest BCUT2D eigenvalue weighted by molar-refractivity contribution is 0.681. The molecule has 0 amide bonds. The number of allylic oxidation sites excluding steroid dienone is 3. The van der Waals surface area contributed by atoms with Crippen LogP contribution in [0.15, 0.2) is 96.7 Å². The molecule has 0 unspecified atom stereocenters. The third-order valence-corrected chi connectivity index (χ3v) is 4.34. The van der Waals surface area contributed by atoms with Crippen molar-refractivity contribution in [3.63, 3.8) is 0 Å². The zero-order chi connectivity index (χ0) is 19.9. The first-order valence-corrected chi connectivity index (χ1v) is 9.16. The number of anilines is 1. The molecule has 0 aliphatic carbocycles. The second-order valence-corrected chi connectivity index (χ2v) is 6.29. The number of aliphatic imine (C=N–C) groups is 1. The molecule has 0 fully saturated rings. The Hall–Kier alpha value is -3.60. The molecule has 5 nitrogen and oxygen atoms in total. The number of fused-ring (bicyclic) bond motifs is 1. The van der Waals surface area contributed by atoms with Gasteiger partial charge in [-0.2, -0.15) is 0 Å². The number of nitrogens with zero attached hydrogens (tertiary/aromatic N) is 4. The van der Waals surface area contributed by atoms with Gasteiger partial charge in [-0.25, -0.2) is 9.98 Å². The van der Waals surface area contributed by atoms with E-state index in [1.165, 1.54) is 0 Å². The van der Waals surface area contributed by atoms with Crippen LogP contribution in [0.3, 0.4) is 0 Å². The van der Waals surface area contributed by atoms with Crippen LogP contribution in [0.25, 0.3) is 16.6 Å². The van der Waals surface area contributed by atoms with Crippen molar-refractivity contribution in [3.8, 4) is 5.82 Å². The van der Waals surface area contributed by atoms with E-state index in [4.69, 9.17) is 4.98 Å². The van der Waals surface area contributed by atoms with Gasteiger partial charge < -0.3 is 14.8 Å². The molecule has 0 spiro atoms. The van der Waals surface area contributed by atoms with Crippen molar-refractivity contribution in [2.75, 3.05) is 12.4 Å². The molecule has 142 valence electrons. The quantitative estimate of drug-likeness (QED) is 0.361. The van der Waals surface area contributed by atoms with Gasteiger partial charge in [0.1, 0.15) is 23.3 Å². The van der Waals surface area contributed by atoms with Crippen LogP contribution in [0.4, 0.5) is 5.82 Å². The fourth-order valence-electron chi connectivity index (χ4n) is 2.76. The van der Waals surface area contributed by atoms with Gasteiger partial charge >= 0.3 is 0 Å². The summed E-state index contributed by atoms with van der Waals surface area (Å²) < 4.78 is 2.02. The van der Waals surface area contributed by atoms with Crippen LogP contribution in [-0.2, 0) is 0 Å². The molecular weight excluding hydrogens is 346 g/mol. The van der Waals surface area contributed by atoms with Crippen molar-refractivity contribution in [2.24, 2.45) is 4.99 Å². The number of hydrogen-bond acceptors (Lipinski definition) is 3. The molecule has 0 saturated carbocycles. The molecule has 2 aromatic heterocycles. The predicted molar refractivity (Wildman–Crippen MR) is 119 cm³/mol. The average molecular weight is 371 g/mol. The molecule has 0 aliphatic heterocycles. The number of hydrogen-bond donors (Lipinski definition) is 1. The van der Waals surface area contributed by atoms with Crippen LogP contribution in [-0.4, -0.2) is 27.3 Å². The van der Waals surface area contributed by atoms with Crippen molar-refractivity contribution in [2.45, 2.75) is 13.8 Å². The predicted octanol–water partition coefficient (Wildman–Crippen LogP) is 5.35. The summed E-state index contributed by atoms with van der Waals surface area (Å²) in [5.74, 6) is 3.21. The van der Waals surface area contributed by atoms with Gasteiger partial charge in [-0.05, 0) is 49.6 Å². The average Bonchev–Trinajstić information content (AvgIpc) is 3.25. The van der Waals surface area contributed by atoms with Crippen LogP contribution in [0.5, 0.6) is 0 Å². The Morgan fingerprint density at radius 1 is 1.21 bits per heavy atom. The number of rotatable bonds is 6. The van der Waals surface area contributed by atoms with Gasteiger partial charge in [0.05, 0.1) is 0 Å². The highest BCUT2D eigenvalue weighted by molar-refractivity contribution is 5.91. The number of aromatic nitrogens is 2. The van der Waals surface area contributed by atoms with Gasteiger partial charge in [0.25, 0.3) is 0 Å². The van der Waals surface area contributed by atoms with Gasteiger partial charge in [0, 0.05) is 31.0 Å². The monoisotopic (exact) mass is 371 g/mol. The minimum atomic E-state index is 0.734. The van der Waals surface area contributed by atoms with E-state index in [1.807, 2.05) is 91.4 Å². The maximum absolute atomic E-state index is 4.83. The number of nitrogens with one attached hydrogen (secondary N) is 1. The third-order valence-electron chi connectivity index (χ3n) is 4.34. The van der Waals surface area contributed by atoms with E-state index in [0.29, 0.717) is 0 Å². The molecule has 28 heavy (non-hydrogen) atoms. The number of amidine groups is 1. The van der Waals surface area contributed by atoms with Crippen molar-refractivity contribution >= 4 is 22.4 Å². The first-order chi connectivity index (χ1) is 13.6. The Balaban J connectivity index is 1.95. The van der Waals surface area contributed by atoms with Gasteiger partial charge in [0.2, 0.25) is 0 Å². The van der Waals surface area contributed by atoms with Crippen molar-refractivity contribution in [3.05, 3.63) is 91.7 Å². The van der Waals surface area contributed by atoms with Crippen molar-refractivity contribution in [1.82, 2.24) is 14.5 Å². The van der Waals surface area contributed by atoms with E-state index >= 15 is 0 Å². The Kier molecular flexibility index (Phi) is 6.07. The van der Waals surface area contributed by atoms with Crippen LogP contribution < -0.4 is 5.32 Å². The lowest BCUT2D eigenvalue weighted by Crippen LogP contribution is -2.18. The van der Waals surface area contributed by atoms with Gasteiger partial charge in [0.15, 0.2) is 0 Å². The summed E-state index contributed by atoms with van der Waals surface area (Å²) in [6.07, 6.45) is 11.4. The summed E-state index contributed by atoms with van der Waals surface area (Å²) in [5, 5.41) is 5.56. The molecule has 5 heteroatoms. The minimum Gasteiger partial charge on any atom is -0.340 e. The normalized spacial score (nSPS) is 12.5. The summed E-state index contributed by atoms with van der Waals surface area (Å²) in [6, 6.07) is 14.3. The molecule has 2 heterocycles. The molecule has 0 radical (unpaired) electrons. The fraction of sp³-hybridized carbons (Fsp3) is 0.130. The van der Waals surface area contributed by atoms with Crippen molar-refractivity contribution in [1.29, 1.82) is 0 Å². The van der Waals surface area contributed by atoms with E-state index in [-0.39, 0.29) is 0 Å². The highest BCUT2D eigenvalue weighted by Gasteiger charge is 2.08. The second kappa shape index (κ2) is 8.86. The SMILES string of the molecule is C=C/C=C\N(C)/C(C)=N/C(=C\C)Nc1cc2ccccc2c(-n2cccc2)n1. The van der Waals surface area contributed by atoms with E-state index in [1.54, 1.807) is 6.08 Å². The molecule has 1 N–H and O–H groups in total. The molecule has 3 rings (SSSR count). The Labute approximate surface area is 166 Å². The maximum Gasteiger partial charge on any atom is 0.146 e. The largest absolute Gasteiger partial charge is 0.340 e. The number of benzene rings is 1. The zero-order valence-electron chi connectivity index (χ0n) is 16.5. The van der Waals surface area contributed by atoms with E-state index in [0.717, 1.165) is 34.1 Å². The summed E-state index contributed by atoms with van der Waals surface area (Å²) in [7, 11) is 1.95. The third kappa shape index (κ3) is 4.38. The molecule has 3 aromatic rings. The Morgan fingerprint density at radius 3 is 2.68 bits per heavy atom. The lowest BCUT2D eigenvalue weighted by atomic mass is 10.1. The first kappa shape index (κ1) is 19.2. The maximum atomic E-state index is 4.83. The van der Waals surface area contributed by atoms with Crippen molar-refractivity contribution < 1.29 is 0 Å². The summed E-state index contributed by atoms with van der Waals surface area (Å²) >= 11 is 0.